The Kier molecular flexibility index (Phi) is 4.07. The molecule has 0 fully saturated rings. The number of rotatable bonds is 2. The summed E-state index contributed by atoms with van der Waals surface area (Å²) < 4.78 is 0. The lowest BCUT2D eigenvalue weighted by Gasteiger charge is -2.17. The van der Waals surface area contributed by atoms with Gasteiger partial charge in [0, 0.05) is 23.8 Å². The molecule has 0 saturated carbocycles. The highest BCUT2D eigenvalue weighted by atomic mass is 35.5. The van der Waals surface area contributed by atoms with Crippen molar-refractivity contribution in [1.29, 1.82) is 0 Å². The van der Waals surface area contributed by atoms with Crippen LogP contribution in [-0.2, 0) is 16.0 Å². The number of benzene rings is 1. The Morgan fingerprint density at radius 2 is 2.26 bits per heavy atom. The molecule has 0 bridgehead atoms. The molecule has 0 radical (unpaired) electrons. The quantitative estimate of drug-likeness (QED) is 0.786. The predicted molar refractivity (Wildman–Crippen MR) is 72.2 cm³/mol. The van der Waals surface area contributed by atoms with Crippen molar-refractivity contribution in [3.05, 3.63) is 28.8 Å². The zero-order chi connectivity index (χ0) is 14.0. The van der Waals surface area contributed by atoms with Crippen LogP contribution in [0.4, 0.5) is 5.69 Å². The van der Waals surface area contributed by atoms with Crippen molar-refractivity contribution in [1.82, 2.24) is 5.32 Å². The van der Waals surface area contributed by atoms with Crippen molar-refractivity contribution in [2.75, 3.05) is 18.0 Å². The van der Waals surface area contributed by atoms with Crippen LogP contribution in [0.1, 0.15) is 12.5 Å². The number of nitrogens with zero attached hydrogens (tertiary/aromatic N) is 1. The van der Waals surface area contributed by atoms with Crippen LogP contribution in [0.25, 0.3) is 0 Å². The summed E-state index contributed by atoms with van der Waals surface area (Å²) in [6, 6.07) is 5.29. The Balaban J connectivity index is 2.11. The first-order chi connectivity index (χ1) is 9.00. The zero-order valence-electron chi connectivity index (χ0n) is 10.5. The first kappa shape index (κ1) is 13.8. The number of halogens is 1. The molecule has 2 rings (SSSR count). The van der Waals surface area contributed by atoms with E-state index in [4.69, 9.17) is 16.7 Å². The Labute approximate surface area is 116 Å². The van der Waals surface area contributed by atoms with Gasteiger partial charge in [0.1, 0.15) is 0 Å². The molecule has 0 aliphatic carbocycles. The summed E-state index contributed by atoms with van der Waals surface area (Å²) in [5, 5.41) is 12.1. The van der Waals surface area contributed by atoms with Gasteiger partial charge < -0.3 is 15.3 Å². The van der Waals surface area contributed by atoms with Crippen molar-refractivity contribution in [3.63, 3.8) is 0 Å². The number of anilines is 1. The Morgan fingerprint density at radius 3 is 2.95 bits per heavy atom. The van der Waals surface area contributed by atoms with Crippen molar-refractivity contribution in [2.24, 2.45) is 0 Å². The molecule has 1 unspecified atom stereocenters. The molecular weight excluding hydrogens is 268 g/mol. The average Bonchev–Trinajstić information content (AvgIpc) is 2.80. The Bertz CT molecular complexity index is 517. The molecule has 1 aliphatic rings. The predicted octanol–water partition coefficient (Wildman–Crippen LogP) is 0.726. The fourth-order valence-electron chi connectivity index (χ4n) is 2.04. The second-order valence-corrected chi connectivity index (χ2v) is 4.91. The van der Waals surface area contributed by atoms with E-state index in [1.54, 1.807) is 18.2 Å². The van der Waals surface area contributed by atoms with E-state index in [0.29, 0.717) is 23.7 Å². The smallest absolute Gasteiger partial charge is 0.316 e. The van der Waals surface area contributed by atoms with Gasteiger partial charge in [-0.2, -0.15) is 0 Å². The summed E-state index contributed by atoms with van der Waals surface area (Å²) in [5.41, 5.74) is 1.57. The second kappa shape index (κ2) is 5.59. The van der Waals surface area contributed by atoms with Crippen LogP contribution < -0.4 is 10.2 Å². The molecule has 0 aromatic heterocycles. The maximum Gasteiger partial charge on any atom is 0.316 e. The maximum atomic E-state index is 12.0. The maximum absolute atomic E-state index is 12.0. The van der Waals surface area contributed by atoms with E-state index >= 15 is 0 Å². The van der Waals surface area contributed by atoms with Crippen LogP contribution in [0.15, 0.2) is 18.2 Å². The lowest BCUT2D eigenvalue weighted by molar-refractivity contribution is -0.137. The lowest BCUT2D eigenvalue weighted by Crippen LogP contribution is -2.44. The summed E-state index contributed by atoms with van der Waals surface area (Å²) in [6.07, 6.45) is -0.0400. The fraction of sp³-hybridized carbons (Fsp3) is 0.385. The van der Waals surface area contributed by atoms with Crippen molar-refractivity contribution < 1.29 is 14.7 Å². The van der Waals surface area contributed by atoms with Gasteiger partial charge in [-0.25, -0.2) is 0 Å². The van der Waals surface area contributed by atoms with Gasteiger partial charge in [-0.3, -0.25) is 9.59 Å². The molecule has 0 saturated heterocycles. The van der Waals surface area contributed by atoms with E-state index in [9.17, 15) is 9.59 Å². The summed E-state index contributed by atoms with van der Waals surface area (Å²) >= 11 is 6.05. The molecule has 1 atom stereocenters. The van der Waals surface area contributed by atoms with E-state index in [1.165, 1.54) is 11.8 Å². The minimum atomic E-state index is -0.714. The van der Waals surface area contributed by atoms with Crippen LogP contribution in [-0.4, -0.2) is 36.1 Å². The van der Waals surface area contributed by atoms with Gasteiger partial charge in [-0.15, -0.1) is 0 Å². The van der Waals surface area contributed by atoms with Crippen molar-refractivity contribution in [3.8, 4) is 0 Å². The SMILES string of the molecule is CC(O)CNC(=O)C(=O)N1CCc2c(Cl)cccc21. The number of hydrogen-bond donors (Lipinski definition) is 2. The zero-order valence-corrected chi connectivity index (χ0v) is 11.3. The molecule has 2 amide bonds. The molecular formula is C13H15ClN2O3. The molecule has 1 aromatic carbocycles. The number of amides is 2. The van der Waals surface area contributed by atoms with Crippen LogP contribution in [0.2, 0.25) is 5.02 Å². The normalized spacial score (nSPS) is 15.0. The number of carbonyl (C=O) groups excluding carboxylic acids is 2. The molecule has 2 N–H and O–H groups in total. The molecule has 102 valence electrons. The molecule has 1 aliphatic heterocycles. The Hall–Kier alpha value is -1.59. The van der Waals surface area contributed by atoms with Crippen LogP contribution in [0, 0.1) is 0 Å². The number of carbonyl (C=O) groups is 2. The monoisotopic (exact) mass is 282 g/mol. The minimum Gasteiger partial charge on any atom is -0.392 e. The first-order valence-electron chi connectivity index (χ1n) is 6.06. The van der Waals surface area contributed by atoms with Gasteiger partial charge in [-0.05, 0) is 31.0 Å². The molecule has 1 aromatic rings. The third-order valence-electron chi connectivity index (χ3n) is 2.97. The summed E-state index contributed by atoms with van der Waals surface area (Å²) in [5.74, 6) is -1.34. The van der Waals surface area contributed by atoms with Crippen LogP contribution >= 0.6 is 11.6 Å². The summed E-state index contributed by atoms with van der Waals surface area (Å²) in [7, 11) is 0. The summed E-state index contributed by atoms with van der Waals surface area (Å²) in [6.45, 7) is 2.04. The number of nitrogens with one attached hydrogen (secondary N) is 1. The largest absolute Gasteiger partial charge is 0.392 e. The molecule has 6 heteroatoms. The highest BCUT2D eigenvalue weighted by Gasteiger charge is 2.30. The van der Waals surface area contributed by atoms with Crippen LogP contribution in [0.5, 0.6) is 0 Å². The van der Waals surface area contributed by atoms with Crippen molar-refractivity contribution in [2.45, 2.75) is 19.4 Å². The van der Waals surface area contributed by atoms with E-state index in [2.05, 4.69) is 5.32 Å². The lowest BCUT2D eigenvalue weighted by atomic mass is 10.2. The number of aliphatic hydroxyl groups is 1. The first-order valence-corrected chi connectivity index (χ1v) is 6.43. The molecule has 1 heterocycles. The van der Waals surface area contributed by atoms with Gasteiger partial charge in [-0.1, -0.05) is 17.7 Å². The van der Waals surface area contributed by atoms with E-state index in [0.717, 1.165) is 5.56 Å². The minimum absolute atomic E-state index is 0.0564. The number of hydrogen-bond acceptors (Lipinski definition) is 3. The Morgan fingerprint density at radius 1 is 1.53 bits per heavy atom. The number of aliphatic hydroxyl groups excluding tert-OH is 1. The third-order valence-corrected chi connectivity index (χ3v) is 3.32. The van der Waals surface area contributed by atoms with E-state index in [1.807, 2.05) is 0 Å². The van der Waals surface area contributed by atoms with Crippen LogP contribution in [0.3, 0.4) is 0 Å². The number of fused-ring (bicyclic) bond motifs is 1. The van der Waals surface area contributed by atoms with E-state index < -0.39 is 17.9 Å². The van der Waals surface area contributed by atoms with Gasteiger partial charge >= 0.3 is 11.8 Å². The highest BCUT2D eigenvalue weighted by Crippen LogP contribution is 2.33. The molecule has 19 heavy (non-hydrogen) atoms. The molecule has 5 nitrogen and oxygen atoms in total. The van der Waals surface area contributed by atoms with Gasteiger partial charge in [0.05, 0.1) is 6.10 Å². The van der Waals surface area contributed by atoms with Gasteiger partial charge in [0.15, 0.2) is 0 Å². The van der Waals surface area contributed by atoms with Gasteiger partial charge in [0.25, 0.3) is 0 Å². The second-order valence-electron chi connectivity index (χ2n) is 4.50. The topological polar surface area (TPSA) is 69.6 Å². The highest BCUT2D eigenvalue weighted by molar-refractivity contribution is 6.41. The van der Waals surface area contributed by atoms with Crippen molar-refractivity contribution >= 4 is 29.1 Å². The fourth-order valence-corrected chi connectivity index (χ4v) is 2.31. The third kappa shape index (κ3) is 2.88. The molecule has 0 spiro atoms. The average molecular weight is 283 g/mol. The van der Waals surface area contributed by atoms with Gasteiger partial charge in [0.2, 0.25) is 0 Å². The van der Waals surface area contributed by atoms with E-state index in [-0.39, 0.29) is 6.54 Å². The summed E-state index contributed by atoms with van der Waals surface area (Å²) in [4.78, 5) is 25.1. The standard InChI is InChI=1S/C13H15ClN2O3/c1-8(17)7-15-12(18)13(19)16-6-5-9-10(14)3-2-4-11(9)16/h2-4,8,17H,5-7H2,1H3,(H,15,18).